The molecule has 1 aliphatic heterocycles. The molecule has 2 aliphatic rings. The molecule has 7 heteroatoms. The Morgan fingerprint density at radius 3 is 2.83 bits per heavy atom. The third-order valence-electron chi connectivity index (χ3n) is 6.55. The number of rotatable bonds is 8. The number of nitrogens with two attached hydrogens (primary N) is 1. The number of pyridine rings is 1. The summed E-state index contributed by atoms with van der Waals surface area (Å²) in [7, 11) is 0. The highest BCUT2D eigenvalue weighted by molar-refractivity contribution is 6.33. The fourth-order valence-corrected chi connectivity index (χ4v) is 5.09. The van der Waals surface area contributed by atoms with Crippen molar-refractivity contribution < 1.29 is 9.53 Å². The van der Waals surface area contributed by atoms with Crippen molar-refractivity contribution in [3.63, 3.8) is 0 Å². The van der Waals surface area contributed by atoms with Gasteiger partial charge in [0.15, 0.2) is 6.29 Å². The van der Waals surface area contributed by atoms with Gasteiger partial charge in [-0.3, -0.25) is 4.79 Å². The second-order valence-corrected chi connectivity index (χ2v) is 9.21. The first-order valence-corrected chi connectivity index (χ1v) is 10.9. The van der Waals surface area contributed by atoms with Crippen LogP contribution >= 0.6 is 11.6 Å². The van der Waals surface area contributed by atoms with Gasteiger partial charge in [-0.1, -0.05) is 11.6 Å². The zero-order chi connectivity index (χ0) is 21.3. The Bertz CT molecular complexity index is 935. The van der Waals surface area contributed by atoms with Crippen LogP contribution in [0.2, 0.25) is 5.02 Å². The number of likely N-dealkylation sites (tertiary alicyclic amines) is 1. The first-order chi connectivity index (χ1) is 14.4. The normalized spacial score (nSPS) is 18.0. The molecule has 0 atom stereocenters. The third-order valence-corrected chi connectivity index (χ3v) is 6.88. The van der Waals surface area contributed by atoms with E-state index in [9.17, 15) is 4.79 Å². The van der Waals surface area contributed by atoms with Crippen molar-refractivity contribution in [1.82, 2.24) is 9.88 Å². The molecular weight excluding hydrogens is 400 g/mol. The van der Waals surface area contributed by atoms with E-state index in [4.69, 9.17) is 22.2 Å². The smallest absolute Gasteiger partial charge is 0.151 e. The van der Waals surface area contributed by atoms with E-state index in [1.807, 2.05) is 25.3 Å². The second kappa shape index (κ2) is 8.53. The number of hydrazine groups is 1. The average molecular weight is 429 g/mol. The first-order valence-electron chi connectivity index (χ1n) is 10.5. The van der Waals surface area contributed by atoms with Crippen molar-refractivity contribution in [2.75, 3.05) is 25.1 Å². The molecule has 2 aromatic rings. The van der Waals surface area contributed by atoms with Crippen molar-refractivity contribution in [2.24, 2.45) is 11.3 Å². The van der Waals surface area contributed by atoms with E-state index in [1.165, 1.54) is 11.1 Å². The molecule has 1 aromatic carbocycles. The summed E-state index contributed by atoms with van der Waals surface area (Å²) < 4.78 is 6.16. The lowest BCUT2D eigenvalue weighted by Crippen LogP contribution is -2.64. The summed E-state index contributed by atoms with van der Waals surface area (Å²) in [6, 6.07) is 5.65. The van der Waals surface area contributed by atoms with Crippen molar-refractivity contribution >= 4 is 23.7 Å². The SMILES string of the molecule is Cc1cnc(NN)cc1CCCN1CC2(CC(Oc3ccc(Cl)c(C=O)c3C)C2)C1. The topological polar surface area (TPSA) is 80.5 Å². The van der Waals surface area contributed by atoms with Gasteiger partial charge in [0.25, 0.3) is 0 Å². The summed E-state index contributed by atoms with van der Waals surface area (Å²) in [4.78, 5) is 18.0. The highest BCUT2D eigenvalue weighted by Crippen LogP contribution is 2.50. The van der Waals surface area contributed by atoms with Crippen LogP contribution in [0.25, 0.3) is 0 Å². The van der Waals surface area contributed by atoms with Crippen LogP contribution in [0, 0.1) is 19.3 Å². The maximum absolute atomic E-state index is 11.2. The summed E-state index contributed by atoms with van der Waals surface area (Å²) >= 11 is 6.08. The van der Waals surface area contributed by atoms with Crippen LogP contribution in [0.1, 0.15) is 46.3 Å². The number of aldehydes is 1. The Hall–Kier alpha value is -2.15. The zero-order valence-electron chi connectivity index (χ0n) is 17.6. The lowest BCUT2D eigenvalue weighted by molar-refractivity contribution is -0.119. The monoisotopic (exact) mass is 428 g/mol. The van der Waals surface area contributed by atoms with E-state index in [1.54, 1.807) is 6.07 Å². The molecule has 0 radical (unpaired) electrons. The lowest BCUT2D eigenvalue weighted by Gasteiger charge is -2.58. The highest BCUT2D eigenvalue weighted by Gasteiger charge is 2.53. The number of aryl methyl sites for hydroxylation is 2. The molecule has 1 spiro atoms. The van der Waals surface area contributed by atoms with Crippen molar-refractivity contribution in [3.05, 3.63) is 51.7 Å². The number of carbonyl (C=O) groups is 1. The maximum atomic E-state index is 11.2. The number of nitrogens with zero attached hydrogens (tertiary/aromatic N) is 2. The lowest BCUT2D eigenvalue weighted by atomic mass is 9.61. The molecule has 2 heterocycles. The van der Waals surface area contributed by atoms with E-state index >= 15 is 0 Å². The molecule has 6 nitrogen and oxygen atoms in total. The Balaban J connectivity index is 1.21. The van der Waals surface area contributed by atoms with Crippen molar-refractivity contribution in [1.29, 1.82) is 0 Å². The molecule has 0 unspecified atom stereocenters. The number of nitrogen functional groups attached to an aromatic ring is 1. The minimum absolute atomic E-state index is 0.230. The van der Waals surface area contributed by atoms with Crippen LogP contribution < -0.4 is 16.0 Å². The average Bonchev–Trinajstić information content (AvgIpc) is 2.67. The third kappa shape index (κ3) is 4.17. The summed E-state index contributed by atoms with van der Waals surface area (Å²) in [5.74, 6) is 6.96. The van der Waals surface area contributed by atoms with Gasteiger partial charge in [0.1, 0.15) is 11.6 Å². The largest absolute Gasteiger partial charge is 0.490 e. The number of ether oxygens (including phenoxy) is 1. The number of hydrogen-bond donors (Lipinski definition) is 2. The van der Waals surface area contributed by atoms with Crippen LogP contribution in [0.5, 0.6) is 5.75 Å². The molecule has 1 saturated heterocycles. The highest BCUT2D eigenvalue weighted by atomic mass is 35.5. The van der Waals surface area contributed by atoms with Crippen LogP contribution in [-0.2, 0) is 6.42 Å². The van der Waals surface area contributed by atoms with Gasteiger partial charge in [-0.25, -0.2) is 10.8 Å². The molecule has 0 bridgehead atoms. The number of carbonyl (C=O) groups excluding carboxylic acids is 1. The van der Waals surface area contributed by atoms with E-state index in [-0.39, 0.29) is 6.10 Å². The molecule has 4 rings (SSSR count). The number of aromatic nitrogens is 1. The Morgan fingerprint density at radius 2 is 2.13 bits per heavy atom. The zero-order valence-corrected chi connectivity index (χ0v) is 18.3. The number of benzene rings is 1. The van der Waals surface area contributed by atoms with Gasteiger partial charge in [0.05, 0.1) is 11.1 Å². The van der Waals surface area contributed by atoms with Crippen LogP contribution in [0.15, 0.2) is 24.4 Å². The summed E-state index contributed by atoms with van der Waals surface area (Å²) in [6.07, 6.45) is 7.23. The van der Waals surface area contributed by atoms with E-state index < -0.39 is 0 Å². The Kier molecular flexibility index (Phi) is 6.00. The first kappa shape index (κ1) is 21.1. The molecule has 30 heavy (non-hydrogen) atoms. The predicted octanol–water partition coefficient (Wildman–Crippen LogP) is 3.93. The summed E-state index contributed by atoms with van der Waals surface area (Å²) in [6.45, 7) is 7.39. The van der Waals surface area contributed by atoms with Gasteiger partial charge >= 0.3 is 0 Å². The van der Waals surface area contributed by atoms with Crippen LogP contribution in [0.4, 0.5) is 5.82 Å². The number of halogens is 1. The Morgan fingerprint density at radius 1 is 1.37 bits per heavy atom. The molecule has 2 fully saturated rings. The van der Waals surface area contributed by atoms with E-state index in [2.05, 4.69) is 22.2 Å². The minimum Gasteiger partial charge on any atom is -0.490 e. The quantitative estimate of drug-likeness (QED) is 0.376. The van der Waals surface area contributed by atoms with Crippen LogP contribution in [-0.4, -0.2) is 41.9 Å². The van der Waals surface area contributed by atoms with Crippen LogP contribution in [0.3, 0.4) is 0 Å². The second-order valence-electron chi connectivity index (χ2n) is 8.80. The molecule has 3 N–H and O–H groups in total. The molecule has 1 aromatic heterocycles. The fraction of sp³-hybridized carbons (Fsp3) is 0.478. The predicted molar refractivity (Wildman–Crippen MR) is 119 cm³/mol. The van der Waals surface area contributed by atoms with Gasteiger partial charge in [0, 0.05) is 35.8 Å². The van der Waals surface area contributed by atoms with Gasteiger partial charge in [-0.15, -0.1) is 0 Å². The molecule has 160 valence electrons. The van der Waals surface area contributed by atoms with Gasteiger partial charge < -0.3 is 15.1 Å². The van der Waals surface area contributed by atoms with Gasteiger partial charge in [0.2, 0.25) is 0 Å². The minimum atomic E-state index is 0.230. The number of hydrogen-bond acceptors (Lipinski definition) is 6. The van der Waals surface area contributed by atoms with Crippen molar-refractivity contribution in [2.45, 2.75) is 45.6 Å². The molecule has 1 saturated carbocycles. The van der Waals surface area contributed by atoms with Crippen molar-refractivity contribution in [3.8, 4) is 5.75 Å². The fourth-order valence-electron chi connectivity index (χ4n) is 4.84. The van der Waals surface area contributed by atoms with Gasteiger partial charge in [-0.05, 0) is 75.4 Å². The molecule has 0 amide bonds. The molecular formula is C23H29ClN4O2. The van der Waals surface area contributed by atoms with E-state index in [0.717, 1.165) is 68.7 Å². The number of nitrogens with one attached hydrogen (secondary N) is 1. The van der Waals surface area contributed by atoms with E-state index in [0.29, 0.717) is 16.0 Å². The number of anilines is 1. The maximum Gasteiger partial charge on any atom is 0.151 e. The standard InChI is InChI=1S/C23H29ClN4O2/c1-15-11-26-22(27-25)8-17(15)4-3-7-28-13-23(14-28)9-18(10-23)30-21-6-5-20(24)19(12-29)16(21)2/h5-6,8,11-12,18H,3-4,7,9-10,13-14,25H2,1-2H3,(H,26,27). The Labute approximate surface area is 182 Å². The van der Waals surface area contributed by atoms with Gasteiger partial charge in [-0.2, -0.15) is 0 Å². The molecule has 1 aliphatic carbocycles. The summed E-state index contributed by atoms with van der Waals surface area (Å²) in [5.41, 5.74) is 6.90. The summed E-state index contributed by atoms with van der Waals surface area (Å²) in [5, 5.41) is 0.479.